The van der Waals surface area contributed by atoms with Gasteiger partial charge in [-0.2, -0.15) is 5.26 Å². The fraction of sp³-hybridized carbons (Fsp3) is 0.444. The van der Waals surface area contributed by atoms with Crippen molar-refractivity contribution in [3.63, 3.8) is 0 Å². The lowest BCUT2D eigenvalue weighted by molar-refractivity contribution is 0.578. The molecule has 1 aromatic rings. The fourth-order valence-electron chi connectivity index (χ4n) is 1.65. The molecule has 1 unspecified atom stereocenters. The highest BCUT2D eigenvalue weighted by atomic mass is 35.5. The summed E-state index contributed by atoms with van der Waals surface area (Å²) in [7, 11) is 0. The van der Waals surface area contributed by atoms with Gasteiger partial charge < -0.3 is 5.73 Å². The van der Waals surface area contributed by atoms with E-state index in [1.165, 1.54) is 11.1 Å². The predicted molar refractivity (Wildman–Crippen MR) is 56.3 cm³/mol. The Kier molecular flexibility index (Phi) is 3.32. The molecule has 1 aliphatic rings. The lowest BCUT2D eigenvalue weighted by Crippen LogP contribution is -2.27. The summed E-state index contributed by atoms with van der Waals surface area (Å²) in [5.74, 6) is 0. The Morgan fingerprint density at radius 2 is 2.38 bits per heavy atom. The monoisotopic (exact) mass is 214 g/mol. The van der Waals surface area contributed by atoms with Crippen molar-refractivity contribution in [2.75, 3.05) is 0 Å². The van der Waals surface area contributed by atoms with Gasteiger partial charge in [-0.25, -0.2) is 0 Å². The molecular weight excluding hydrogens is 204 g/mol. The molecule has 0 fully saturated rings. The second kappa shape index (κ2) is 4.10. The van der Waals surface area contributed by atoms with Crippen molar-refractivity contribution in [3.05, 3.63) is 21.4 Å². The number of nitrogens with two attached hydrogens (primary N) is 1. The van der Waals surface area contributed by atoms with Crippen LogP contribution < -0.4 is 5.73 Å². The zero-order valence-corrected chi connectivity index (χ0v) is 8.75. The highest BCUT2D eigenvalue weighted by Crippen LogP contribution is 2.28. The lowest BCUT2D eigenvalue weighted by atomic mass is 9.91. The van der Waals surface area contributed by atoms with Crippen molar-refractivity contribution in [3.8, 4) is 6.07 Å². The van der Waals surface area contributed by atoms with Crippen LogP contribution in [0.15, 0.2) is 5.38 Å². The molecule has 1 aromatic heterocycles. The van der Waals surface area contributed by atoms with E-state index in [2.05, 4.69) is 11.4 Å². The molecule has 2 nitrogen and oxygen atoms in total. The Balaban J connectivity index is 0.000000845. The third-order valence-electron chi connectivity index (χ3n) is 2.33. The smallest absolute Gasteiger partial charge is 0.110 e. The molecular formula is C9H11ClN2S. The number of nitrogens with zero attached hydrogens (tertiary/aromatic N) is 1. The summed E-state index contributed by atoms with van der Waals surface area (Å²) in [5.41, 5.74) is 8.38. The van der Waals surface area contributed by atoms with E-state index in [0.29, 0.717) is 0 Å². The summed E-state index contributed by atoms with van der Waals surface area (Å²) in [6.07, 6.45) is 3.00. The first-order chi connectivity index (χ1) is 5.81. The first kappa shape index (κ1) is 10.5. The van der Waals surface area contributed by atoms with E-state index in [-0.39, 0.29) is 18.4 Å². The molecule has 13 heavy (non-hydrogen) atoms. The van der Waals surface area contributed by atoms with Crippen LogP contribution in [-0.2, 0) is 12.8 Å². The Morgan fingerprint density at radius 3 is 3.08 bits per heavy atom. The van der Waals surface area contributed by atoms with Crippen molar-refractivity contribution in [1.82, 2.24) is 0 Å². The standard InChI is InChI=1S/C9H10N2S.ClH/c10-4-9-8-3-7(11)2-1-6(8)5-12-9;/h5,7H,1-3,11H2;1H. The number of halogens is 1. The highest BCUT2D eigenvalue weighted by molar-refractivity contribution is 7.10. The lowest BCUT2D eigenvalue weighted by Gasteiger charge is -2.17. The van der Waals surface area contributed by atoms with E-state index in [0.717, 1.165) is 24.1 Å². The molecule has 0 radical (unpaired) electrons. The van der Waals surface area contributed by atoms with Crippen molar-refractivity contribution in [1.29, 1.82) is 5.26 Å². The molecule has 1 atom stereocenters. The zero-order valence-electron chi connectivity index (χ0n) is 7.12. The third kappa shape index (κ3) is 1.86. The van der Waals surface area contributed by atoms with Crippen LogP contribution in [0.2, 0.25) is 0 Å². The molecule has 0 amide bonds. The van der Waals surface area contributed by atoms with Gasteiger partial charge in [0.2, 0.25) is 0 Å². The number of nitriles is 1. The molecule has 2 N–H and O–H groups in total. The second-order valence-electron chi connectivity index (χ2n) is 3.18. The molecule has 0 saturated heterocycles. The number of hydrogen-bond donors (Lipinski definition) is 1. The average Bonchev–Trinajstić information content (AvgIpc) is 2.46. The van der Waals surface area contributed by atoms with Crippen molar-refractivity contribution < 1.29 is 0 Å². The number of aryl methyl sites for hydroxylation is 1. The normalized spacial score (nSPS) is 19.8. The van der Waals surface area contributed by atoms with Crippen LogP contribution in [0.25, 0.3) is 0 Å². The van der Waals surface area contributed by atoms with Crippen molar-refractivity contribution in [2.24, 2.45) is 5.73 Å². The first-order valence-corrected chi connectivity index (χ1v) is 4.94. The molecule has 1 heterocycles. The predicted octanol–water partition coefficient (Wildman–Crippen LogP) is 1.86. The molecule has 0 saturated carbocycles. The average molecular weight is 215 g/mol. The maximum absolute atomic E-state index is 8.79. The maximum atomic E-state index is 8.79. The van der Waals surface area contributed by atoms with Crippen LogP contribution in [0.1, 0.15) is 22.4 Å². The maximum Gasteiger partial charge on any atom is 0.110 e. The summed E-state index contributed by atoms with van der Waals surface area (Å²) < 4.78 is 0. The van der Waals surface area contributed by atoms with E-state index in [1.54, 1.807) is 11.3 Å². The minimum atomic E-state index is 0. The van der Waals surface area contributed by atoms with Crippen LogP contribution >= 0.6 is 23.7 Å². The minimum Gasteiger partial charge on any atom is -0.327 e. The van der Waals surface area contributed by atoms with E-state index < -0.39 is 0 Å². The van der Waals surface area contributed by atoms with E-state index >= 15 is 0 Å². The number of thiophene rings is 1. The van der Waals surface area contributed by atoms with Gasteiger partial charge in [0.15, 0.2) is 0 Å². The van der Waals surface area contributed by atoms with Crippen LogP contribution in [0, 0.1) is 11.3 Å². The van der Waals surface area contributed by atoms with Gasteiger partial charge in [0.1, 0.15) is 10.9 Å². The molecule has 4 heteroatoms. The summed E-state index contributed by atoms with van der Waals surface area (Å²) in [6, 6.07) is 2.48. The van der Waals surface area contributed by atoms with Gasteiger partial charge in [0.05, 0.1) is 0 Å². The number of rotatable bonds is 0. The van der Waals surface area contributed by atoms with Gasteiger partial charge in [-0.1, -0.05) is 0 Å². The van der Waals surface area contributed by atoms with Crippen LogP contribution in [0.3, 0.4) is 0 Å². The second-order valence-corrected chi connectivity index (χ2v) is 4.06. The van der Waals surface area contributed by atoms with Crippen LogP contribution in [0.4, 0.5) is 0 Å². The van der Waals surface area contributed by atoms with Crippen LogP contribution in [0.5, 0.6) is 0 Å². The summed E-state index contributed by atoms with van der Waals surface area (Å²) >= 11 is 1.55. The van der Waals surface area contributed by atoms with Gasteiger partial charge in [-0.05, 0) is 35.8 Å². The Morgan fingerprint density at radius 1 is 1.62 bits per heavy atom. The van der Waals surface area contributed by atoms with E-state index in [4.69, 9.17) is 11.0 Å². The summed E-state index contributed by atoms with van der Waals surface area (Å²) in [5, 5.41) is 10.9. The van der Waals surface area contributed by atoms with Gasteiger partial charge in [-0.3, -0.25) is 0 Å². The zero-order chi connectivity index (χ0) is 8.55. The van der Waals surface area contributed by atoms with Gasteiger partial charge >= 0.3 is 0 Å². The minimum absolute atomic E-state index is 0. The largest absolute Gasteiger partial charge is 0.327 e. The van der Waals surface area contributed by atoms with Gasteiger partial charge in [0.25, 0.3) is 0 Å². The number of fused-ring (bicyclic) bond motifs is 1. The van der Waals surface area contributed by atoms with Crippen LogP contribution in [-0.4, -0.2) is 6.04 Å². The molecule has 0 aromatic carbocycles. The van der Waals surface area contributed by atoms with E-state index in [9.17, 15) is 0 Å². The quantitative estimate of drug-likeness (QED) is 0.717. The molecule has 0 aliphatic heterocycles. The third-order valence-corrected chi connectivity index (χ3v) is 3.31. The van der Waals surface area contributed by atoms with E-state index in [1.807, 2.05) is 0 Å². The molecule has 2 rings (SSSR count). The topological polar surface area (TPSA) is 49.8 Å². The Bertz CT molecular complexity index is 340. The summed E-state index contributed by atoms with van der Waals surface area (Å²) in [4.78, 5) is 0.861. The molecule has 0 bridgehead atoms. The molecule has 0 spiro atoms. The fourth-order valence-corrected chi connectivity index (χ4v) is 2.58. The van der Waals surface area contributed by atoms with Crippen molar-refractivity contribution in [2.45, 2.75) is 25.3 Å². The highest BCUT2D eigenvalue weighted by Gasteiger charge is 2.19. The Hall–Kier alpha value is -0.560. The van der Waals surface area contributed by atoms with Gasteiger partial charge in [0, 0.05) is 6.04 Å². The molecule has 70 valence electrons. The first-order valence-electron chi connectivity index (χ1n) is 4.06. The van der Waals surface area contributed by atoms with Crippen molar-refractivity contribution >= 4 is 23.7 Å². The summed E-state index contributed by atoms with van der Waals surface area (Å²) in [6.45, 7) is 0. The Labute approximate surface area is 87.8 Å². The number of hydrogen-bond acceptors (Lipinski definition) is 3. The molecule has 1 aliphatic carbocycles. The SMILES string of the molecule is Cl.N#Cc1scc2c1CC(N)CC2. The van der Waals surface area contributed by atoms with Gasteiger partial charge in [-0.15, -0.1) is 23.7 Å².